The number of hydrogen-bond donors (Lipinski definition) is 0. The van der Waals surface area contributed by atoms with Crippen molar-refractivity contribution in [3.63, 3.8) is 0 Å². The van der Waals surface area contributed by atoms with Gasteiger partial charge in [0.05, 0.1) is 6.61 Å². The van der Waals surface area contributed by atoms with Crippen LogP contribution in [0.25, 0.3) is 0 Å². The van der Waals surface area contributed by atoms with Gasteiger partial charge in [-0.15, -0.1) is 0 Å². The van der Waals surface area contributed by atoms with Crippen molar-refractivity contribution in [2.24, 2.45) is 5.92 Å². The Labute approximate surface area is 184 Å². The smallest absolute Gasteiger partial charge is 0.374 e. The molecule has 174 valence electrons. The van der Waals surface area contributed by atoms with Gasteiger partial charge in [-0.3, -0.25) is 4.79 Å². The largest absolute Gasteiger partial charge is 0.460 e. The fraction of sp³-hybridized carbons (Fsp3) is 0.429. The summed E-state index contributed by atoms with van der Waals surface area (Å²) in [5, 5.41) is -0.366. The number of rotatable bonds is 7. The van der Waals surface area contributed by atoms with Gasteiger partial charge in [0.15, 0.2) is 0 Å². The van der Waals surface area contributed by atoms with E-state index in [9.17, 15) is 26.8 Å². The molecule has 0 atom stereocenters. The zero-order chi connectivity index (χ0) is 23.5. The van der Waals surface area contributed by atoms with Gasteiger partial charge in [-0.1, -0.05) is 6.07 Å². The maximum Gasteiger partial charge on any atom is 0.374 e. The molecule has 0 saturated carbocycles. The highest BCUT2D eigenvalue weighted by Crippen LogP contribution is 2.26. The van der Waals surface area contributed by atoms with Gasteiger partial charge in [0, 0.05) is 44.2 Å². The second kappa shape index (κ2) is 9.78. The lowest BCUT2D eigenvalue weighted by molar-refractivity contribution is -0.136. The lowest BCUT2D eigenvalue weighted by Crippen LogP contribution is -2.43. The SMILES string of the molecule is CCOC(=O)c1ccc(S(=O)(=O)N2CCC(C(=O)N(C)Cc3ccc(F)cc3F)CC2)o1. The van der Waals surface area contributed by atoms with Gasteiger partial charge in [-0.25, -0.2) is 22.0 Å². The maximum atomic E-state index is 13.9. The van der Waals surface area contributed by atoms with Crippen molar-refractivity contribution in [2.75, 3.05) is 26.7 Å². The Morgan fingerprint density at radius 1 is 1.19 bits per heavy atom. The Bertz CT molecular complexity index is 1090. The number of amides is 1. The van der Waals surface area contributed by atoms with Crippen LogP contribution in [0.3, 0.4) is 0 Å². The summed E-state index contributed by atoms with van der Waals surface area (Å²) in [6.07, 6.45) is 0.555. The molecule has 0 aliphatic carbocycles. The van der Waals surface area contributed by atoms with E-state index in [4.69, 9.17) is 9.15 Å². The molecule has 0 radical (unpaired) electrons. The first-order valence-electron chi connectivity index (χ1n) is 10.1. The number of furan rings is 1. The number of piperidine rings is 1. The lowest BCUT2D eigenvalue weighted by atomic mass is 9.96. The summed E-state index contributed by atoms with van der Waals surface area (Å²) in [5.41, 5.74) is 0.192. The van der Waals surface area contributed by atoms with Crippen LogP contribution in [0.4, 0.5) is 8.78 Å². The van der Waals surface area contributed by atoms with Gasteiger partial charge in [-0.2, -0.15) is 4.31 Å². The first-order chi connectivity index (χ1) is 15.1. The number of sulfonamides is 1. The Morgan fingerprint density at radius 3 is 2.50 bits per heavy atom. The lowest BCUT2D eigenvalue weighted by Gasteiger charge is -2.32. The van der Waals surface area contributed by atoms with Crippen molar-refractivity contribution in [3.05, 3.63) is 53.3 Å². The minimum absolute atomic E-state index is 0.0213. The zero-order valence-corrected chi connectivity index (χ0v) is 18.5. The van der Waals surface area contributed by atoms with E-state index in [0.29, 0.717) is 0 Å². The molecular weight excluding hydrogens is 446 g/mol. The standard InChI is InChI=1S/C21H24F2N2O6S/c1-3-30-21(27)18-6-7-19(31-18)32(28,29)25-10-8-14(9-11-25)20(26)24(2)13-15-4-5-16(22)12-17(15)23/h4-7,12,14H,3,8-11,13H2,1-2H3. The van der Waals surface area contributed by atoms with E-state index in [-0.39, 0.29) is 61.4 Å². The van der Waals surface area contributed by atoms with Crippen LogP contribution in [0.1, 0.15) is 35.9 Å². The maximum absolute atomic E-state index is 13.9. The number of halogens is 2. The zero-order valence-electron chi connectivity index (χ0n) is 17.7. The van der Waals surface area contributed by atoms with E-state index < -0.39 is 33.5 Å². The van der Waals surface area contributed by atoms with Gasteiger partial charge in [0.2, 0.25) is 16.8 Å². The number of carbonyl (C=O) groups is 2. The third kappa shape index (κ3) is 5.16. The molecule has 1 saturated heterocycles. The molecule has 0 bridgehead atoms. The topological polar surface area (TPSA) is 97.1 Å². The number of carbonyl (C=O) groups excluding carboxylic acids is 2. The van der Waals surface area contributed by atoms with Crippen molar-refractivity contribution in [2.45, 2.75) is 31.4 Å². The molecule has 2 aromatic rings. The summed E-state index contributed by atoms with van der Waals surface area (Å²) in [4.78, 5) is 25.8. The van der Waals surface area contributed by atoms with E-state index in [1.807, 2.05) is 0 Å². The summed E-state index contributed by atoms with van der Waals surface area (Å²) in [7, 11) is -2.45. The van der Waals surface area contributed by atoms with E-state index in [1.165, 1.54) is 34.5 Å². The molecule has 11 heteroatoms. The normalized spacial score (nSPS) is 15.5. The molecule has 1 aromatic heterocycles. The minimum Gasteiger partial charge on any atom is -0.460 e. The van der Waals surface area contributed by atoms with Crippen LogP contribution < -0.4 is 0 Å². The van der Waals surface area contributed by atoms with E-state index in [1.54, 1.807) is 6.92 Å². The van der Waals surface area contributed by atoms with Crippen molar-refractivity contribution in [3.8, 4) is 0 Å². The van der Waals surface area contributed by atoms with Crippen molar-refractivity contribution >= 4 is 21.9 Å². The Kier molecular flexibility index (Phi) is 7.29. The van der Waals surface area contributed by atoms with Gasteiger partial charge in [0.25, 0.3) is 10.0 Å². The summed E-state index contributed by atoms with van der Waals surface area (Å²) in [6.45, 7) is 1.91. The Hall–Kier alpha value is -2.79. The van der Waals surface area contributed by atoms with Crippen molar-refractivity contribution < 1.29 is 35.9 Å². The van der Waals surface area contributed by atoms with Crippen LogP contribution in [0.5, 0.6) is 0 Å². The van der Waals surface area contributed by atoms with Crippen molar-refractivity contribution in [1.29, 1.82) is 0 Å². The van der Waals surface area contributed by atoms with Crippen LogP contribution >= 0.6 is 0 Å². The molecule has 1 aromatic carbocycles. The average Bonchev–Trinajstić information content (AvgIpc) is 3.27. The molecule has 1 aliphatic heterocycles. The van der Waals surface area contributed by atoms with Crippen LogP contribution in [-0.4, -0.2) is 56.2 Å². The Morgan fingerprint density at radius 2 is 1.88 bits per heavy atom. The molecule has 32 heavy (non-hydrogen) atoms. The fourth-order valence-electron chi connectivity index (χ4n) is 3.54. The molecule has 1 aliphatic rings. The minimum atomic E-state index is -3.97. The molecule has 3 rings (SSSR count). The third-order valence-corrected chi connectivity index (χ3v) is 7.03. The summed E-state index contributed by atoms with van der Waals surface area (Å²) >= 11 is 0. The number of hydrogen-bond acceptors (Lipinski definition) is 6. The number of benzene rings is 1. The van der Waals surface area contributed by atoms with Crippen LogP contribution in [0, 0.1) is 17.6 Å². The van der Waals surface area contributed by atoms with Gasteiger partial charge in [0.1, 0.15) is 11.6 Å². The molecular formula is C21H24F2N2O6S. The number of ether oxygens (including phenoxy) is 1. The third-order valence-electron chi connectivity index (χ3n) is 5.25. The molecule has 0 unspecified atom stereocenters. The summed E-state index contributed by atoms with van der Waals surface area (Å²) in [6, 6.07) is 5.62. The molecule has 0 spiro atoms. The predicted molar refractivity (Wildman–Crippen MR) is 109 cm³/mol. The molecule has 1 fully saturated rings. The van der Waals surface area contributed by atoms with Gasteiger partial charge >= 0.3 is 5.97 Å². The highest BCUT2D eigenvalue weighted by atomic mass is 32.2. The van der Waals surface area contributed by atoms with Crippen molar-refractivity contribution in [1.82, 2.24) is 9.21 Å². The second-order valence-electron chi connectivity index (χ2n) is 7.45. The highest BCUT2D eigenvalue weighted by Gasteiger charge is 2.35. The highest BCUT2D eigenvalue weighted by molar-refractivity contribution is 7.89. The van der Waals surface area contributed by atoms with Gasteiger partial charge < -0.3 is 14.1 Å². The van der Waals surface area contributed by atoms with E-state index in [2.05, 4.69) is 0 Å². The average molecular weight is 470 g/mol. The second-order valence-corrected chi connectivity index (χ2v) is 9.32. The number of esters is 1. The number of nitrogens with zero attached hydrogens (tertiary/aromatic N) is 2. The first-order valence-corrected chi connectivity index (χ1v) is 11.5. The monoisotopic (exact) mass is 470 g/mol. The quantitative estimate of drug-likeness (QED) is 0.578. The molecule has 1 amide bonds. The van der Waals surface area contributed by atoms with Crippen LogP contribution in [-0.2, 0) is 26.1 Å². The van der Waals surface area contributed by atoms with E-state index >= 15 is 0 Å². The van der Waals surface area contributed by atoms with Crippen LogP contribution in [0.2, 0.25) is 0 Å². The molecule has 8 nitrogen and oxygen atoms in total. The fourth-order valence-corrected chi connectivity index (χ4v) is 4.92. The summed E-state index contributed by atoms with van der Waals surface area (Å²) in [5.74, 6) is -3.05. The predicted octanol–water partition coefficient (Wildman–Crippen LogP) is 2.79. The summed E-state index contributed by atoms with van der Waals surface area (Å²) < 4.78 is 63.7. The molecule has 0 N–H and O–H groups in total. The molecule has 2 heterocycles. The Balaban J connectivity index is 1.60. The van der Waals surface area contributed by atoms with Gasteiger partial charge in [-0.05, 0) is 38.0 Å². The van der Waals surface area contributed by atoms with E-state index in [0.717, 1.165) is 12.1 Å². The first kappa shape index (κ1) is 23.9. The van der Waals surface area contributed by atoms with Crippen LogP contribution in [0.15, 0.2) is 39.8 Å².